The minimum atomic E-state index is -5.05. The van der Waals surface area contributed by atoms with Crippen LogP contribution in [0.3, 0.4) is 0 Å². The maximum atomic E-state index is 12.6. The molecule has 0 saturated heterocycles. The van der Waals surface area contributed by atoms with Gasteiger partial charge in [0.2, 0.25) is 17.4 Å². The largest absolute Gasteiger partial charge is 0.480 e. The fourth-order valence-electron chi connectivity index (χ4n) is 1.09. The summed E-state index contributed by atoms with van der Waals surface area (Å²) in [6.45, 7) is -0.428. The van der Waals surface area contributed by atoms with Crippen molar-refractivity contribution in [3.05, 3.63) is 18.5 Å². The molecule has 0 aliphatic carbocycles. The highest BCUT2D eigenvalue weighted by molar-refractivity contribution is 5.91. The number of rotatable bonds is 5. The zero-order chi connectivity index (χ0) is 15.4. The van der Waals surface area contributed by atoms with Crippen LogP contribution >= 0.6 is 0 Å². The number of aromatic nitrogens is 2. The van der Waals surface area contributed by atoms with Gasteiger partial charge in [0.25, 0.3) is 0 Å². The van der Waals surface area contributed by atoms with Crippen LogP contribution in [0.4, 0.5) is 19.1 Å². The van der Waals surface area contributed by atoms with Crippen LogP contribution in [0.1, 0.15) is 6.92 Å². The van der Waals surface area contributed by atoms with Crippen molar-refractivity contribution in [2.75, 3.05) is 11.9 Å². The first-order valence-corrected chi connectivity index (χ1v) is 5.29. The number of alkyl halides is 3. The van der Waals surface area contributed by atoms with Crippen LogP contribution in [-0.2, 0) is 9.59 Å². The monoisotopic (exact) mass is 292 g/mol. The lowest BCUT2D eigenvalue weighted by atomic mass is 10.0. The molecular weight excluding hydrogens is 281 g/mol. The van der Waals surface area contributed by atoms with Crippen molar-refractivity contribution in [2.24, 2.45) is 0 Å². The quantitative estimate of drug-likeness (QED) is 0.726. The van der Waals surface area contributed by atoms with Gasteiger partial charge in [-0.2, -0.15) is 13.2 Å². The summed E-state index contributed by atoms with van der Waals surface area (Å²) in [6, 6.07) is 1.49. The van der Waals surface area contributed by atoms with Gasteiger partial charge >= 0.3 is 12.1 Å². The number of hydrogen-bond donors (Lipinski definition) is 3. The van der Waals surface area contributed by atoms with Gasteiger partial charge in [0.05, 0.1) is 6.54 Å². The number of nitrogens with one attached hydrogen (secondary N) is 2. The molecule has 0 spiro atoms. The predicted octanol–water partition coefficient (Wildman–Crippen LogP) is 0.410. The third-order valence-electron chi connectivity index (χ3n) is 2.41. The second kappa shape index (κ2) is 5.82. The van der Waals surface area contributed by atoms with E-state index >= 15 is 0 Å². The summed E-state index contributed by atoms with van der Waals surface area (Å²) >= 11 is 0. The van der Waals surface area contributed by atoms with Gasteiger partial charge in [-0.3, -0.25) is 15.4 Å². The molecule has 1 amide bonds. The Morgan fingerprint density at radius 2 is 1.85 bits per heavy atom. The number of anilines is 1. The van der Waals surface area contributed by atoms with Crippen molar-refractivity contribution in [3.63, 3.8) is 0 Å². The van der Waals surface area contributed by atoms with E-state index in [1.165, 1.54) is 18.5 Å². The van der Waals surface area contributed by atoms with E-state index < -0.39 is 30.1 Å². The van der Waals surface area contributed by atoms with Crippen LogP contribution in [0.5, 0.6) is 0 Å². The summed E-state index contributed by atoms with van der Waals surface area (Å²) in [5.74, 6) is -3.12. The van der Waals surface area contributed by atoms with Gasteiger partial charge in [-0.15, -0.1) is 0 Å². The van der Waals surface area contributed by atoms with Gasteiger partial charge in [-0.05, 0) is 13.0 Å². The number of carbonyl (C=O) groups is 2. The zero-order valence-electron chi connectivity index (χ0n) is 10.2. The van der Waals surface area contributed by atoms with Crippen molar-refractivity contribution >= 4 is 17.8 Å². The van der Waals surface area contributed by atoms with Gasteiger partial charge < -0.3 is 5.11 Å². The first-order chi connectivity index (χ1) is 9.17. The van der Waals surface area contributed by atoms with Crippen LogP contribution in [0.25, 0.3) is 0 Å². The van der Waals surface area contributed by atoms with Crippen molar-refractivity contribution in [1.29, 1.82) is 0 Å². The average Bonchev–Trinajstić information content (AvgIpc) is 2.35. The molecule has 1 aromatic rings. The van der Waals surface area contributed by atoms with E-state index in [1.807, 2.05) is 0 Å². The van der Waals surface area contributed by atoms with Crippen LogP contribution in [-0.4, -0.2) is 45.2 Å². The third-order valence-corrected chi connectivity index (χ3v) is 2.41. The molecule has 0 saturated carbocycles. The summed E-state index contributed by atoms with van der Waals surface area (Å²) in [4.78, 5) is 29.4. The Labute approximate surface area is 111 Å². The Morgan fingerprint density at radius 1 is 1.30 bits per heavy atom. The Kier molecular flexibility index (Phi) is 4.61. The molecule has 110 valence electrons. The number of nitrogens with zero attached hydrogens (tertiary/aromatic N) is 2. The van der Waals surface area contributed by atoms with Crippen LogP contribution in [0.2, 0.25) is 0 Å². The van der Waals surface area contributed by atoms with Crippen LogP contribution < -0.4 is 10.6 Å². The second-order valence-electron chi connectivity index (χ2n) is 3.90. The lowest BCUT2D eigenvalue weighted by Crippen LogP contribution is -2.61. The van der Waals surface area contributed by atoms with E-state index in [2.05, 4.69) is 15.3 Å². The van der Waals surface area contributed by atoms with E-state index in [0.717, 1.165) is 0 Å². The fraction of sp³-hybridized carbons (Fsp3) is 0.400. The normalized spacial score (nSPS) is 14.4. The number of halogens is 3. The summed E-state index contributed by atoms with van der Waals surface area (Å²) in [6.07, 6.45) is -2.40. The molecule has 0 aliphatic rings. The molecule has 0 bridgehead atoms. The summed E-state index contributed by atoms with van der Waals surface area (Å²) in [5.41, 5.74) is -3.22. The minimum absolute atomic E-state index is 0.0941. The summed E-state index contributed by atoms with van der Waals surface area (Å²) in [5, 5.41) is 12.4. The van der Waals surface area contributed by atoms with Crippen molar-refractivity contribution in [2.45, 2.75) is 18.6 Å². The molecule has 0 radical (unpaired) electrons. The molecule has 0 aromatic carbocycles. The molecule has 7 nitrogen and oxygen atoms in total. The number of aliphatic carboxylic acids is 1. The molecule has 1 unspecified atom stereocenters. The number of carboxylic acids is 1. The molecule has 1 aromatic heterocycles. The molecule has 1 atom stereocenters. The minimum Gasteiger partial charge on any atom is -0.480 e. The number of hydrogen-bond acceptors (Lipinski definition) is 5. The van der Waals surface area contributed by atoms with Gasteiger partial charge in [0.1, 0.15) is 0 Å². The first-order valence-electron chi connectivity index (χ1n) is 5.29. The molecular formula is C10H11F3N4O3. The fourth-order valence-corrected chi connectivity index (χ4v) is 1.09. The maximum Gasteiger partial charge on any atom is 0.417 e. The first kappa shape index (κ1) is 15.8. The molecule has 10 heteroatoms. The Hall–Kier alpha value is -2.23. The highest BCUT2D eigenvalue weighted by Gasteiger charge is 2.57. The highest BCUT2D eigenvalue weighted by atomic mass is 19.4. The summed E-state index contributed by atoms with van der Waals surface area (Å²) < 4.78 is 37.9. The van der Waals surface area contributed by atoms with Crippen molar-refractivity contribution in [1.82, 2.24) is 15.3 Å². The molecule has 1 heterocycles. The smallest absolute Gasteiger partial charge is 0.417 e. The van der Waals surface area contributed by atoms with Crippen LogP contribution in [0, 0.1) is 0 Å². The van der Waals surface area contributed by atoms with Gasteiger partial charge in [-0.25, -0.2) is 14.8 Å². The molecule has 20 heavy (non-hydrogen) atoms. The Morgan fingerprint density at radius 3 is 2.30 bits per heavy atom. The number of carbonyl (C=O) groups excluding carboxylic acids is 1. The predicted molar refractivity (Wildman–Crippen MR) is 60.8 cm³/mol. The second-order valence-corrected chi connectivity index (χ2v) is 3.90. The van der Waals surface area contributed by atoms with Gasteiger partial charge in [-0.1, -0.05) is 0 Å². The zero-order valence-corrected chi connectivity index (χ0v) is 10.2. The van der Waals surface area contributed by atoms with E-state index in [-0.39, 0.29) is 5.95 Å². The molecule has 0 aliphatic heterocycles. The lowest BCUT2D eigenvalue weighted by Gasteiger charge is -2.28. The lowest BCUT2D eigenvalue weighted by molar-refractivity contribution is -0.205. The highest BCUT2D eigenvalue weighted by Crippen LogP contribution is 2.30. The molecule has 3 N–H and O–H groups in total. The maximum absolute atomic E-state index is 12.6. The van der Waals surface area contributed by atoms with Gasteiger partial charge in [0.15, 0.2) is 0 Å². The van der Waals surface area contributed by atoms with E-state index in [9.17, 15) is 22.8 Å². The number of carboxylic acid groups (broad SMARTS) is 1. The Bertz CT molecular complexity index is 494. The van der Waals surface area contributed by atoms with Crippen molar-refractivity contribution in [3.8, 4) is 0 Å². The van der Waals surface area contributed by atoms with E-state index in [1.54, 1.807) is 5.32 Å². The average molecular weight is 292 g/mol. The Balaban J connectivity index is 2.65. The molecule has 1 rings (SSSR count). The topological polar surface area (TPSA) is 104 Å². The summed E-state index contributed by atoms with van der Waals surface area (Å²) in [7, 11) is 0. The van der Waals surface area contributed by atoms with Crippen molar-refractivity contribution < 1.29 is 27.9 Å². The third kappa shape index (κ3) is 3.63. The standard InChI is InChI=1S/C10H11F3N4O3/c1-9(7(19)20,10(11,12)13)16-5-6(18)17-8-14-3-2-4-15-8/h2-4,16H,5H2,1H3,(H,19,20)(H,14,15,17,18). The van der Waals surface area contributed by atoms with E-state index in [4.69, 9.17) is 5.11 Å². The molecule has 0 fully saturated rings. The number of amides is 1. The SMILES string of the molecule is CC(NCC(=O)Nc1ncccn1)(C(=O)O)C(F)(F)F. The van der Waals surface area contributed by atoms with Crippen LogP contribution in [0.15, 0.2) is 18.5 Å². The van der Waals surface area contributed by atoms with E-state index in [0.29, 0.717) is 6.92 Å². The van der Waals surface area contributed by atoms with Gasteiger partial charge in [0, 0.05) is 12.4 Å².